The van der Waals surface area contributed by atoms with Crippen LogP contribution in [0.3, 0.4) is 0 Å². The zero-order valence-corrected chi connectivity index (χ0v) is 19.2. The Balaban J connectivity index is 1.63. The van der Waals surface area contributed by atoms with Crippen molar-refractivity contribution in [1.29, 1.82) is 0 Å². The van der Waals surface area contributed by atoms with Crippen molar-refractivity contribution in [2.24, 2.45) is 0 Å². The predicted octanol–water partition coefficient (Wildman–Crippen LogP) is 2.27. The number of alkyl carbamates (subject to hydrolysis) is 1. The molecule has 3 rings (SSSR count). The van der Waals surface area contributed by atoms with Crippen LogP contribution in [0.2, 0.25) is 0 Å². The Morgan fingerprint density at radius 3 is 2.21 bits per heavy atom. The topological polar surface area (TPSA) is 134 Å². The van der Waals surface area contributed by atoms with Gasteiger partial charge in [0.05, 0.1) is 6.61 Å². The summed E-state index contributed by atoms with van der Waals surface area (Å²) < 4.78 is 10.4. The number of carboxylic acid groups (broad SMARTS) is 1. The van der Waals surface area contributed by atoms with Crippen molar-refractivity contribution in [2.75, 3.05) is 26.9 Å². The first kappa shape index (κ1) is 25.2. The third-order valence-corrected chi connectivity index (χ3v) is 5.70. The van der Waals surface area contributed by atoms with Crippen molar-refractivity contribution in [2.45, 2.75) is 37.3 Å². The molecule has 9 heteroatoms. The second kappa shape index (κ2) is 11.1. The number of aliphatic carboxylic acids is 1. The van der Waals surface area contributed by atoms with Crippen LogP contribution >= 0.6 is 0 Å². The molecule has 182 valence electrons. The summed E-state index contributed by atoms with van der Waals surface area (Å²) in [6.45, 7) is 1.42. The maximum atomic E-state index is 12.6. The van der Waals surface area contributed by atoms with Crippen LogP contribution in [0.1, 0.15) is 36.8 Å². The Bertz CT molecular complexity index is 992. The first-order chi connectivity index (χ1) is 16.2. The molecule has 2 amide bonds. The Labute approximate surface area is 198 Å². The Kier molecular flexibility index (Phi) is 8.25. The van der Waals surface area contributed by atoms with Gasteiger partial charge in [0, 0.05) is 26.0 Å². The number of benzene rings is 2. The summed E-state index contributed by atoms with van der Waals surface area (Å²) in [4.78, 5) is 36.2. The molecule has 1 aliphatic rings. The summed E-state index contributed by atoms with van der Waals surface area (Å²) in [7, 11) is 1.42. The summed E-state index contributed by atoms with van der Waals surface area (Å²) in [5.41, 5.74) is 2.97. The van der Waals surface area contributed by atoms with Gasteiger partial charge in [-0.15, -0.1) is 0 Å². The van der Waals surface area contributed by atoms with Crippen LogP contribution in [-0.4, -0.2) is 66.7 Å². The minimum absolute atomic E-state index is 0.00706. The molecule has 2 unspecified atom stereocenters. The molecule has 0 radical (unpaired) electrons. The number of carbonyl (C=O) groups excluding carboxylic acids is 2. The van der Waals surface area contributed by atoms with E-state index in [0.717, 1.165) is 22.3 Å². The zero-order valence-electron chi connectivity index (χ0n) is 19.2. The Morgan fingerprint density at radius 2 is 1.65 bits per heavy atom. The van der Waals surface area contributed by atoms with Crippen molar-refractivity contribution in [3.05, 3.63) is 59.7 Å². The lowest BCUT2D eigenvalue weighted by Gasteiger charge is -2.24. The van der Waals surface area contributed by atoms with Crippen LogP contribution in [0.4, 0.5) is 4.79 Å². The highest BCUT2D eigenvalue weighted by molar-refractivity contribution is 5.86. The lowest BCUT2D eigenvalue weighted by molar-refractivity contribution is -0.137. The Hall–Kier alpha value is -3.43. The van der Waals surface area contributed by atoms with Crippen LogP contribution in [0.15, 0.2) is 48.5 Å². The molecule has 2 aromatic rings. The summed E-state index contributed by atoms with van der Waals surface area (Å²) in [5.74, 6) is -1.86. The molecular formula is C25H30N2O7. The number of hydrogen-bond donors (Lipinski definition) is 4. The molecule has 4 N–H and O–H groups in total. The van der Waals surface area contributed by atoms with E-state index in [4.69, 9.17) is 14.6 Å². The standard InChI is InChI=1S/C25H30N2O7/c1-25(32,15-33-2)14-26-23(30)21(11-12-22(28)29)27-24(31)34-13-20-18-9-5-3-7-16(18)17-8-4-6-10-19(17)20/h3-10,20-21,32H,11-15H2,1-2H3,(H,26,30)(H,27,31)(H,28,29). The maximum absolute atomic E-state index is 12.6. The molecule has 0 aliphatic heterocycles. The van der Waals surface area contributed by atoms with Crippen LogP contribution in [0.5, 0.6) is 0 Å². The minimum Gasteiger partial charge on any atom is -0.481 e. The lowest BCUT2D eigenvalue weighted by atomic mass is 9.98. The van der Waals surface area contributed by atoms with Crippen LogP contribution < -0.4 is 10.6 Å². The lowest BCUT2D eigenvalue weighted by Crippen LogP contribution is -2.51. The van der Waals surface area contributed by atoms with E-state index >= 15 is 0 Å². The molecule has 1 aliphatic carbocycles. The average Bonchev–Trinajstić information content (AvgIpc) is 3.12. The molecule has 34 heavy (non-hydrogen) atoms. The van der Waals surface area contributed by atoms with Gasteiger partial charge in [0.1, 0.15) is 18.2 Å². The van der Waals surface area contributed by atoms with Gasteiger partial charge in [-0.05, 0) is 35.6 Å². The number of fused-ring (bicyclic) bond motifs is 3. The maximum Gasteiger partial charge on any atom is 0.407 e. The highest BCUT2D eigenvalue weighted by Crippen LogP contribution is 2.44. The minimum atomic E-state index is -1.31. The molecule has 0 saturated carbocycles. The van der Waals surface area contributed by atoms with E-state index in [1.807, 2.05) is 48.5 Å². The van der Waals surface area contributed by atoms with E-state index in [9.17, 15) is 19.5 Å². The van der Waals surface area contributed by atoms with E-state index in [0.29, 0.717) is 0 Å². The fourth-order valence-corrected chi connectivity index (χ4v) is 4.08. The van der Waals surface area contributed by atoms with E-state index in [2.05, 4.69) is 10.6 Å². The first-order valence-corrected chi connectivity index (χ1v) is 11.0. The summed E-state index contributed by atoms with van der Waals surface area (Å²) >= 11 is 0. The zero-order chi connectivity index (χ0) is 24.7. The quantitative estimate of drug-likeness (QED) is 0.396. The van der Waals surface area contributed by atoms with Crippen LogP contribution in [0.25, 0.3) is 11.1 Å². The SMILES string of the molecule is COCC(C)(O)CNC(=O)C(CCC(=O)O)NC(=O)OCC1c2ccccc2-c2ccccc21. The number of ether oxygens (including phenoxy) is 2. The van der Waals surface area contributed by atoms with Crippen molar-refractivity contribution in [3.63, 3.8) is 0 Å². The molecule has 0 fully saturated rings. The van der Waals surface area contributed by atoms with Gasteiger partial charge in [-0.2, -0.15) is 0 Å². The highest BCUT2D eigenvalue weighted by atomic mass is 16.5. The van der Waals surface area contributed by atoms with Crippen molar-refractivity contribution in [1.82, 2.24) is 10.6 Å². The van der Waals surface area contributed by atoms with E-state index in [-0.39, 0.29) is 38.5 Å². The van der Waals surface area contributed by atoms with Gasteiger partial charge < -0.3 is 30.3 Å². The van der Waals surface area contributed by atoms with Gasteiger partial charge in [0.15, 0.2) is 0 Å². The van der Waals surface area contributed by atoms with Gasteiger partial charge in [0.2, 0.25) is 5.91 Å². The molecule has 9 nitrogen and oxygen atoms in total. The fraction of sp³-hybridized carbons (Fsp3) is 0.400. The third kappa shape index (κ3) is 6.33. The van der Waals surface area contributed by atoms with Crippen LogP contribution in [-0.2, 0) is 19.1 Å². The smallest absolute Gasteiger partial charge is 0.407 e. The fourth-order valence-electron chi connectivity index (χ4n) is 4.08. The molecule has 0 spiro atoms. The second-order valence-corrected chi connectivity index (χ2v) is 8.60. The number of nitrogens with one attached hydrogen (secondary N) is 2. The molecule has 0 aromatic heterocycles. The normalized spacial score (nSPS) is 14.9. The molecule has 0 bridgehead atoms. The summed E-state index contributed by atoms with van der Waals surface area (Å²) in [6, 6.07) is 14.7. The van der Waals surface area contributed by atoms with Crippen molar-refractivity contribution >= 4 is 18.0 Å². The Morgan fingerprint density at radius 1 is 1.06 bits per heavy atom. The number of aliphatic hydroxyl groups is 1. The molecule has 0 heterocycles. The largest absolute Gasteiger partial charge is 0.481 e. The number of amides is 2. The first-order valence-electron chi connectivity index (χ1n) is 11.0. The molecule has 2 aromatic carbocycles. The molecule has 2 atom stereocenters. The number of carboxylic acids is 1. The van der Waals surface area contributed by atoms with E-state index < -0.39 is 29.6 Å². The van der Waals surface area contributed by atoms with Crippen molar-refractivity contribution in [3.8, 4) is 11.1 Å². The number of methoxy groups -OCH3 is 1. The van der Waals surface area contributed by atoms with E-state index in [1.54, 1.807) is 0 Å². The third-order valence-electron chi connectivity index (χ3n) is 5.70. The van der Waals surface area contributed by atoms with Gasteiger partial charge >= 0.3 is 12.1 Å². The second-order valence-electron chi connectivity index (χ2n) is 8.60. The average molecular weight is 471 g/mol. The number of carbonyl (C=O) groups is 3. The van der Waals surface area contributed by atoms with Gasteiger partial charge in [-0.1, -0.05) is 48.5 Å². The monoisotopic (exact) mass is 470 g/mol. The number of rotatable bonds is 11. The summed E-state index contributed by atoms with van der Waals surface area (Å²) in [5, 5.41) is 24.2. The highest BCUT2D eigenvalue weighted by Gasteiger charge is 2.30. The predicted molar refractivity (Wildman–Crippen MR) is 124 cm³/mol. The van der Waals surface area contributed by atoms with Crippen molar-refractivity contribution < 1.29 is 34.1 Å². The van der Waals surface area contributed by atoms with Gasteiger partial charge in [0.25, 0.3) is 0 Å². The van der Waals surface area contributed by atoms with E-state index in [1.165, 1.54) is 14.0 Å². The number of hydrogen-bond acceptors (Lipinski definition) is 6. The molecule has 0 saturated heterocycles. The summed E-state index contributed by atoms with van der Waals surface area (Å²) in [6.07, 6.45) is -1.27. The van der Waals surface area contributed by atoms with Gasteiger partial charge in [-0.25, -0.2) is 4.79 Å². The van der Waals surface area contributed by atoms with Crippen LogP contribution in [0, 0.1) is 0 Å². The molecular weight excluding hydrogens is 440 g/mol. The van der Waals surface area contributed by atoms with Gasteiger partial charge in [-0.3, -0.25) is 9.59 Å².